The summed E-state index contributed by atoms with van der Waals surface area (Å²) < 4.78 is 47.4. The molecule has 9 nitrogen and oxygen atoms in total. The zero-order valence-corrected chi connectivity index (χ0v) is 14.1. The Kier molecular flexibility index (Phi) is 6.03. The number of nitrogens with zero attached hydrogens (tertiary/aromatic N) is 1. The highest BCUT2D eigenvalue weighted by molar-refractivity contribution is 6.08. The summed E-state index contributed by atoms with van der Waals surface area (Å²) in [4.78, 5) is 33.9. The van der Waals surface area contributed by atoms with E-state index in [1.165, 1.54) is 0 Å². The number of nitro benzene ring substituents is 1. The summed E-state index contributed by atoms with van der Waals surface area (Å²) in [7, 11) is 1.08. The van der Waals surface area contributed by atoms with Crippen LogP contribution in [0.25, 0.3) is 0 Å². The second kappa shape index (κ2) is 8.24. The molecule has 0 fully saturated rings. The van der Waals surface area contributed by atoms with E-state index < -0.39 is 51.7 Å². The first-order valence-electron chi connectivity index (χ1n) is 7.36. The molecule has 2 aromatic carbocycles. The molecule has 0 aliphatic rings. The fourth-order valence-electron chi connectivity index (χ4n) is 2.22. The first kappa shape index (κ1) is 20.5. The number of benzene rings is 2. The smallest absolute Gasteiger partial charge is 0.387 e. The van der Waals surface area contributed by atoms with Crippen molar-refractivity contribution in [3.05, 3.63) is 57.4 Å². The van der Waals surface area contributed by atoms with Crippen LogP contribution in [-0.4, -0.2) is 30.5 Å². The molecule has 2 amide bonds. The lowest BCUT2D eigenvalue weighted by atomic mass is 10.1. The molecular formula is C16H12F3N3O6. The predicted octanol–water partition coefficient (Wildman–Crippen LogP) is 2.70. The summed E-state index contributed by atoms with van der Waals surface area (Å²) in [6.45, 7) is -3.28. The average molecular weight is 399 g/mol. The Morgan fingerprint density at radius 2 is 1.86 bits per heavy atom. The summed E-state index contributed by atoms with van der Waals surface area (Å²) >= 11 is 0. The number of primary amides is 1. The number of nitrogens with two attached hydrogens (primary N) is 1. The number of nitrogens with one attached hydrogen (secondary N) is 1. The molecule has 12 heteroatoms. The molecule has 28 heavy (non-hydrogen) atoms. The summed E-state index contributed by atoms with van der Waals surface area (Å²) in [5.41, 5.74) is 3.03. The lowest BCUT2D eigenvalue weighted by Crippen LogP contribution is -2.17. The summed E-state index contributed by atoms with van der Waals surface area (Å²) in [5.74, 6) is -4.05. The standard InChI is InChI=1S/C16H12F3N3O6/c1-27-12-5-9(11(22(25)26)6-13(12)28-16(18)19)15(24)21-7-2-3-10(17)8(4-7)14(20)23/h2-6,16H,1H3,(H2,20,23)(H,21,24). The van der Waals surface area contributed by atoms with Crippen LogP contribution in [0, 0.1) is 15.9 Å². The van der Waals surface area contributed by atoms with Crippen LogP contribution in [0.5, 0.6) is 11.5 Å². The summed E-state index contributed by atoms with van der Waals surface area (Å²) in [6.07, 6.45) is 0. The maximum Gasteiger partial charge on any atom is 0.387 e. The van der Waals surface area contributed by atoms with Crippen LogP contribution in [-0.2, 0) is 0 Å². The van der Waals surface area contributed by atoms with Crippen molar-refractivity contribution in [1.29, 1.82) is 0 Å². The van der Waals surface area contributed by atoms with E-state index in [1.54, 1.807) is 0 Å². The van der Waals surface area contributed by atoms with E-state index in [1.807, 2.05) is 0 Å². The Morgan fingerprint density at radius 3 is 2.39 bits per heavy atom. The van der Waals surface area contributed by atoms with Crippen LogP contribution < -0.4 is 20.5 Å². The molecule has 3 N–H and O–H groups in total. The van der Waals surface area contributed by atoms with Crippen molar-refractivity contribution in [3.8, 4) is 11.5 Å². The van der Waals surface area contributed by atoms with Crippen molar-refractivity contribution in [1.82, 2.24) is 0 Å². The molecule has 0 spiro atoms. The van der Waals surface area contributed by atoms with E-state index in [0.717, 1.165) is 31.4 Å². The van der Waals surface area contributed by atoms with E-state index in [2.05, 4.69) is 10.1 Å². The van der Waals surface area contributed by atoms with Crippen molar-refractivity contribution >= 4 is 23.2 Å². The molecule has 0 aliphatic heterocycles. The molecule has 0 unspecified atom stereocenters. The number of carbonyl (C=O) groups is 2. The first-order valence-corrected chi connectivity index (χ1v) is 7.36. The van der Waals surface area contributed by atoms with Gasteiger partial charge in [-0.1, -0.05) is 0 Å². The van der Waals surface area contributed by atoms with Crippen molar-refractivity contribution < 1.29 is 37.2 Å². The molecule has 0 atom stereocenters. The Hall–Kier alpha value is -3.83. The zero-order valence-electron chi connectivity index (χ0n) is 14.1. The minimum Gasteiger partial charge on any atom is -0.493 e. The molecule has 0 heterocycles. The van der Waals surface area contributed by atoms with Crippen LogP contribution in [0.4, 0.5) is 24.5 Å². The molecule has 0 radical (unpaired) electrons. The number of rotatable bonds is 7. The topological polar surface area (TPSA) is 134 Å². The lowest BCUT2D eigenvalue weighted by molar-refractivity contribution is -0.385. The first-order chi connectivity index (χ1) is 13.1. The Morgan fingerprint density at radius 1 is 1.18 bits per heavy atom. The maximum atomic E-state index is 13.5. The number of alkyl halides is 2. The molecule has 2 aromatic rings. The fourth-order valence-corrected chi connectivity index (χ4v) is 2.22. The minimum atomic E-state index is -3.28. The number of carbonyl (C=O) groups excluding carboxylic acids is 2. The van der Waals surface area contributed by atoms with E-state index in [0.29, 0.717) is 6.07 Å². The van der Waals surface area contributed by atoms with Crippen molar-refractivity contribution in [2.75, 3.05) is 12.4 Å². The number of hydrogen-bond acceptors (Lipinski definition) is 6. The molecule has 0 saturated carbocycles. The molecular weight excluding hydrogens is 387 g/mol. The van der Waals surface area contributed by atoms with E-state index >= 15 is 0 Å². The Bertz CT molecular complexity index is 951. The monoisotopic (exact) mass is 399 g/mol. The van der Waals surface area contributed by atoms with Gasteiger partial charge in [0.15, 0.2) is 11.5 Å². The van der Waals surface area contributed by atoms with Crippen molar-refractivity contribution in [2.24, 2.45) is 5.73 Å². The van der Waals surface area contributed by atoms with Crippen LogP contribution >= 0.6 is 0 Å². The highest BCUT2D eigenvalue weighted by Crippen LogP contribution is 2.36. The van der Waals surface area contributed by atoms with Gasteiger partial charge in [0.1, 0.15) is 11.4 Å². The van der Waals surface area contributed by atoms with Crippen LogP contribution in [0.2, 0.25) is 0 Å². The highest BCUT2D eigenvalue weighted by atomic mass is 19.3. The number of methoxy groups -OCH3 is 1. The van der Waals surface area contributed by atoms with E-state index in [9.17, 15) is 32.9 Å². The van der Waals surface area contributed by atoms with Crippen LogP contribution in [0.15, 0.2) is 30.3 Å². The van der Waals surface area contributed by atoms with Gasteiger partial charge in [-0.2, -0.15) is 8.78 Å². The fraction of sp³-hybridized carbons (Fsp3) is 0.125. The largest absolute Gasteiger partial charge is 0.493 e. The Labute approximate surface area is 155 Å². The molecule has 0 saturated heterocycles. The predicted molar refractivity (Wildman–Crippen MR) is 89.2 cm³/mol. The number of hydrogen-bond donors (Lipinski definition) is 2. The lowest BCUT2D eigenvalue weighted by Gasteiger charge is -2.12. The van der Waals surface area contributed by atoms with Gasteiger partial charge < -0.3 is 20.5 Å². The van der Waals surface area contributed by atoms with Gasteiger partial charge in [0.2, 0.25) is 0 Å². The van der Waals surface area contributed by atoms with Crippen molar-refractivity contribution in [3.63, 3.8) is 0 Å². The van der Waals surface area contributed by atoms with Gasteiger partial charge in [0.25, 0.3) is 17.5 Å². The number of halogens is 3. The number of anilines is 1. The van der Waals surface area contributed by atoms with Crippen LogP contribution in [0.1, 0.15) is 20.7 Å². The number of amides is 2. The highest BCUT2D eigenvalue weighted by Gasteiger charge is 2.26. The second-order valence-electron chi connectivity index (χ2n) is 5.17. The molecule has 0 bridgehead atoms. The third kappa shape index (κ3) is 4.47. The van der Waals surface area contributed by atoms with Gasteiger partial charge in [-0.25, -0.2) is 4.39 Å². The van der Waals surface area contributed by atoms with Gasteiger partial charge in [0, 0.05) is 11.8 Å². The van der Waals surface area contributed by atoms with Gasteiger partial charge in [-0.3, -0.25) is 19.7 Å². The van der Waals surface area contributed by atoms with Crippen molar-refractivity contribution in [2.45, 2.75) is 6.61 Å². The average Bonchev–Trinajstić information content (AvgIpc) is 2.62. The number of ether oxygens (including phenoxy) is 2. The molecule has 0 aromatic heterocycles. The van der Waals surface area contributed by atoms with Crippen LogP contribution in [0.3, 0.4) is 0 Å². The number of nitro groups is 1. The molecule has 2 rings (SSSR count). The maximum absolute atomic E-state index is 13.5. The zero-order chi connectivity index (χ0) is 21.0. The molecule has 148 valence electrons. The van der Waals surface area contributed by atoms with Gasteiger partial charge in [-0.15, -0.1) is 0 Å². The molecule has 0 aliphatic carbocycles. The van der Waals surface area contributed by atoms with Gasteiger partial charge in [-0.05, 0) is 18.2 Å². The van der Waals surface area contributed by atoms with E-state index in [4.69, 9.17) is 10.5 Å². The minimum absolute atomic E-state index is 0.0821. The second-order valence-corrected chi connectivity index (χ2v) is 5.17. The van der Waals surface area contributed by atoms with E-state index in [-0.39, 0.29) is 11.4 Å². The summed E-state index contributed by atoms with van der Waals surface area (Å²) in [6, 6.07) is 4.34. The third-order valence-electron chi connectivity index (χ3n) is 3.43. The van der Waals surface area contributed by atoms with Gasteiger partial charge >= 0.3 is 6.61 Å². The Balaban J connectivity index is 2.45. The normalized spacial score (nSPS) is 10.5. The SMILES string of the molecule is COc1cc(C(=O)Nc2ccc(F)c(C(N)=O)c2)c([N+](=O)[O-])cc1OC(F)F. The quantitative estimate of drug-likeness (QED) is 0.543. The van der Waals surface area contributed by atoms with Gasteiger partial charge in [0.05, 0.1) is 23.7 Å². The third-order valence-corrected chi connectivity index (χ3v) is 3.43. The summed E-state index contributed by atoms with van der Waals surface area (Å²) in [5, 5.41) is 13.5.